The Morgan fingerprint density at radius 2 is 1.78 bits per heavy atom. The van der Waals surface area contributed by atoms with Crippen LogP contribution in [0.3, 0.4) is 0 Å². The van der Waals surface area contributed by atoms with E-state index < -0.39 is 7.82 Å². The minimum Gasteiger partial charge on any atom is -0.286 e. The second-order valence-corrected chi connectivity index (χ2v) is 4.91. The van der Waals surface area contributed by atoms with Crippen molar-refractivity contribution >= 4 is 13.5 Å². The summed E-state index contributed by atoms with van der Waals surface area (Å²) < 4.78 is 26.9. The molecule has 0 atom stereocenters. The average Bonchev–Trinajstić information content (AvgIpc) is 2.38. The zero-order valence-corrected chi connectivity index (χ0v) is 11.5. The summed E-state index contributed by atoms with van der Waals surface area (Å²) in [5, 5.41) is 0. The second-order valence-electron chi connectivity index (χ2n) is 3.32. The van der Waals surface area contributed by atoms with Crippen LogP contribution >= 0.6 is 7.82 Å². The predicted molar refractivity (Wildman–Crippen MR) is 70.6 cm³/mol. The zero-order chi connectivity index (χ0) is 13.4. The molecule has 1 rings (SSSR count). The Morgan fingerprint density at radius 3 is 2.28 bits per heavy atom. The fraction of sp³-hybridized carbons (Fsp3) is 0.333. The van der Waals surface area contributed by atoms with E-state index in [1.165, 1.54) is 0 Å². The van der Waals surface area contributed by atoms with Crippen LogP contribution in [0.25, 0.3) is 5.70 Å². The molecule has 0 unspecified atom stereocenters. The SMILES string of the molecule is C=C(NOP(=O)(OCC)OCC)c1ccccc1. The van der Waals surface area contributed by atoms with Crippen LogP contribution in [-0.2, 0) is 18.2 Å². The smallest absolute Gasteiger partial charge is 0.286 e. The van der Waals surface area contributed by atoms with Gasteiger partial charge in [-0.3, -0.25) is 14.5 Å². The predicted octanol–water partition coefficient (Wildman–Crippen LogP) is 3.36. The Balaban J connectivity index is 2.58. The molecule has 0 bridgehead atoms. The summed E-state index contributed by atoms with van der Waals surface area (Å²) in [6, 6.07) is 9.33. The van der Waals surface area contributed by atoms with E-state index in [9.17, 15) is 4.57 Å². The van der Waals surface area contributed by atoms with Crippen molar-refractivity contribution in [3.63, 3.8) is 0 Å². The summed E-state index contributed by atoms with van der Waals surface area (Å²) in [5.41, 5.74) is 3.81. The highest BCUT2D eigenvalue weighted by molar-refractivity contribution is 7.48. The van der Waals surface area contributed by atoms with Crippen molar-refractivity contribution in [1.82, 2.24) is 5.48 Å². The average molecular weight is 271 g/mol. The van der Waals surface area contributed by atoms with Gasteiger partial charge >= 0.3 is 7.82 Å². The highest BCUT2D eigenvalue weighted by Gasteiger charge is 2.26. The topological polar surface area (TPSA) is 56.8 Å². The molecule has 5 nitrogen and oxygen atoms in total. The molecule has 1 aromatic carbocycles. The molecule has 6 heteroatoms. The summed E-state index contributed by atoms with van der Waals surface area (Å²) >= 11 is 0. The van der Waals surface area contributed by atoms with Gasteiger partial charge in [0.25, 0.3) is 0 Å². The molecule has 0 spiro atoms. The number of benzene rings is 1. The summed E-state index contributed by atoms with van der Waals surface area (Å²) in [6.07, 6.45) is 0. The van der Waals surface area contributed by atoms with Crippen LogP contribution in [0, 0.1) is 0 Å². The lowest BCUT2D eigenvalue weighted by Gasteiger charge is -2.17. The fourth-order valence-electron chi connectivity index (χ4n) is 1.22. The minimum absolute atomic E-state index is 0.233. The van der Waals surface area contributed by atoms with Crippen molar-refractivity contribution in [2.45, 2.75) is 13.8 Å². The highest BCUT2D eigenvalue weighted by atomic mass is 31.2. The molecule has 0 aliphatic rings. The molecule has 100 valence electrons. The molecule has 0 saturated heterocycles. The molecule has 0 aromatic heterocycles. The summed E-state index contributed by atoms with van der Waals surface area (Å²) in [4.78, 5) is 0. The third kappa shape index (κ3) is 4.63. The van der Waals surface area contributed by atoms with Gasteiger partial charge in [0, 0.05) is 0 Å². The van der Waals surface area contributed by atoms with Crippen LogP contribution in [0.15, 0.2) is 36.9 Å². The van der Waals surface area contributed by atoms with Crippen LogP contribution in [-0.4, -0.2) is 13.2 Å². The lowest BCUT2D eigenvalue weighted by atomic mass is 10.2. The molecular formula is C12H18NO4P. The largest absolute Gasteiger partial charge is 0.496 e. The van der Waals surface area contributed by atoms with Gasteiger partial charge < -0.3 is 0 Å². The molecule has 1 N–H and O–H groups in total. The van der Waals surface area contributed by atoms with Crippen molar-refractivity contribution in [3.05, 3.63) is 42.5 Å². The van der Waals surface area contributed by atoms with Gasteiger partial charge in [-0.05, 0) is 19.4 Å². The normalized spacial score (nSPS) is 11.2. The zero-order valence-electron chi connectivity index (χ0n) is 10.6. The molecule has 0 aliphatic carbocycles. The summed E-state index contributed by atoms with van der Waals surface area (Å²) in [6.45, 7) is 7.66. The van der Waals surface area contributed by atoms with Crippen LogP contribution in [0.1, 0.15) is 19.4 Å². The van der Waals surface area contributed by atoms with E-state index in [2.05, 4.69) is 12.1 Å². The van der Waals surface area contributed by atoms with Gasteiger partial charge in [-0.15, -0.1) is 0 Å². The van der Waals surface area contributed by atoms with E-state index in [0.717, 1.165) is 5.56 Å². The van der Waals surface area contributed by atoms with Gasteiger partial charge in [-0.2, -0.15) is 4.62 Å². The number of phosphoric ester groups is 1. The number of hydroxylamine groups is 1. The highest BCUT2D eigenvalue weighted by Crippen LogP contribution is 2.48. The molecule has 0 heterocycles. The van der Waals surface area contributed by atoms with Crippen molar-refractivity contribution < 1.29 is 18.2 Å². The van der Waals surface area contributed by atoms with Crippen molar-refractivity contribution in [2.24, 2.45) is 0 Å². The first-order chi connectivity index (χ1) is 8.61. The van der Waals surface area contributed by atoms with Crippen LogP contribution < -0.4 is 5.48 Å². The van der Waals surface area contributed by atoms with E-state index in [1.807, 2.05) is 30.3 Å². The number of phosphoric acid groups is 1. The van der Waals surface area contributed by atoms with E-state index in [1.54, 1.807) is 13.8 Å². The summed E-state index contributed by atoms with van der Waals surface area (Å²) in [5.74, 6) is 0. The number of rotatable bonds is 8. The monoisotopic (exact) mass is 271 g/mol. The van der Waals surface area contributed by atoms with Crippen LogP contribution in [0.4, 0.5) is 0 Å². The maximum Gasteiger partial charge on any atom is 0.496 e. The first-order valence-electron chi connectivity index (χ1n) is 5.69. The number of hydrogen-bond acceptors (Lipinski definition) is 5. The van der Waals surface area contributed by atoms with Crippen molar-refractivity contribution in [2.75, 3.05) is 13.2 Å². The number of hydrogen-bond donors (Lipinski definition) is 1. The Morgan fingerprint density at radius 1 is 1.22 bits per heavy atom. The van der Waals surface area contributed by atoms with Crippen LogP contribution in [0.5, 0.6) is 0 Å². The molecule has 0 aliphatic heterocycles. The fourth-order valence-corrected chi connectivity index (χ4v) is 2.25. The number of nitrogens with one attached hydrogen (secondary N) is 1. The van der Waals surface area contributed by atoms with Gasteiger partial charge in [0.15, 0.2) is 0 Å². The molecule has 18 heavy (non-hydrogen) atoms. The molecule has 0 saturated carbocycles. The van der Waals surface area contributed by atoms with E-state index in [4.69, 9.17) is 13.7 Å². The maximum absolute atomic E-state index is 12.0. The standard InChI is InChI=1S/C12H18NO4P/c1-4-15-18(14,16-5-2)17-13-11(3)12-9-7-6-8-10-12/h6-10,13H,3-5H2,1-2H3. The molecule has 1 aromatic rings. The van der Waals surface area contributed by atoms with Crippen molar-refractivity contribution in [1.29, 1.82) is 0 Å². The first kappa shape index (κ1) is 14.9. The Hall–Kier alpha value is -1.13. The summed E-state index contributed by atoms with van der Waals surface area (Å²) in [7, 11) is -3.57. The lowest BCUT2D eigenvalue weighted by Crippen LogP contribution is -2.13. The first-order valence-corrected chi connectivity index (χ1v) is 7.15. The Bertz CT molecular complexity index is 411. The van der Waals surface area contributed by atoms with Gasteiger partial charge in [0.1, 0.15) is 0 Å². The van der Waals surface area contributed by atoms with E-state index in [0.29, 0.717) is 5.70 Å². The van der Waals surface area contributed by atoms with Gasteiger partial charge in [0.05, 0.1) is 18.9 Å². The third-order valence-electron chi connectivity index (χ3n) is 1.98. The Kier molecular flexibility index (Phi) is 6.09. The van der Waals surface area contributed by atoms with Crippen LogP contribution in [0.2, 0.25) is 0 Å². The van der Waals surface area contributed by atoms with Crippen molar-refractivity contribution in [3.8, 4) is 0 Å². The lowest BCUT2D eigenvalue weighted by molar-refractivity contribution is 0.0976. The van der Waals surface area contributed by atoms with Gasteiger partial charge in [0.2, 0.25) is 0 Å². The quantitative estimate of drug-likeness (QED) is 0.580. The van der Waals surface area contributed by atoms with E-state index in [-0.39, 0.29) is 13.2 Å². The van der Waals surface area contributed by atoms with E-state index >= 15 is 0 Å². The van der Waals surface area contributed by atoms with Gasteiger partial charge in [-0.25, -0.2) is 4.57 Å². The molecule has 0 radical (unpaired) electrons. The molecule has 0 fully saturated rings. The molecule has 0 amide bonds. The Labute approximate surface area is 107 Å². The van der Waals surface area contributed by atoms with Gasteiger partial charge in [-0.1, -0.05) is 36.9 Å². The minimum atomic E-state index is -3.57. The molecular weight excluding hydrogens is 253 g/mol. The maximum atomic E-state index is 12.0. The second kappa shape index (κ2) is 7.34. The third-order valence-corrected chi connectivity index (χ3v) is 3.44.